The monoisotopic (exact) mass is 365 g/mol. The van der Waals surface area contributed by atoms with E-state index in [0.29, 0.717) is 3.70 Å². The highest BCUT2D eigenvalue weighted by Crippen LogP contribution is 2.32. The zero-order valence-corrected chi connectivity index (χ0v) is 10.6. The lowest BCUT2D eigenvalue weighted by Gasteiger charge is -2.14. The molecule has 0 aliphatic rings. The van der Waals surface area contributed by atoms with Crippen LogP contribution in [0.15, 0.2) is 6.20 Å². The lowest BCUT2D eigenvalue weighted by atomic mass is 10.2. The molecule has 1 aromatic rings. The normalized spacial score (nSPS) is 11.4. The van der Waals surface area contributed by atoms with Gasteiger partial charge in [0, 0.05) is 11.8 Å². The molecule has 0 radical (unpaired) electrons. The van der Waals surface area contributed by atoms with E-state index >= 15 is 0 Å². The van der Waals surface area contributed by atoms with Gasteiger partial charge in [-0.25, -0.2) is 4.98 Å². The molecule has 0 aliphatic carbocycles. The van der Waals surface area contributed by atoms with E-state index in [9.17, 15) is 18.0 Å². The summed E-state index contributed by atoms with van der Waals surface area (Å²) in [4.78, 5) is 14.6. The average molecular weight is 365 g/mol. The highest BCUT2D eigenvalue weighted by molar-refractivity contribution is 14.1. The minimum atomic E-state index is -4.88. The van der Waals surface area contributed by atoms with Gasteiger partial charge in [0.25, 0.3) is 5.24 Å². The Morgan fingerprint density at radius 2 is 2.12 bits per heavy atom. The van der Waals surface area contributed by atoms with Gasteiger partial charge in [-0.15, -0.1) is 13.2 Å². The molecular weight excluding hydrogens is 361 g/mol. The summed E-state index contributed by atoms with van der Waals surface area (Å²) in [7, 11) is 0. The fraction of sp³-hybridized carbons (Fsp3) is 0.250. The van der Waals surface area contributed by atoms with Crippen LogP contribution in [0, 0.1) is 10.6 Å². The molecule has 0 saturated heterocycles. The van der Waals surface area contributed by atoms with Gasteiger partial charge in [-0.2, -0.15) is 0 Å². The maximum Gasteiger partial charge on any atom is 0.573 e. The van der Waals surface area contributed by atoms with Gasteiger partial charge in [-0.05, 0) is 41.1 Å². The lowest BCUT2D eigenvalue weighted by Crippen LogP contribution is -2.20. The fourth-order valence-corrected chi connectivity index (χ4v) is 1.48. The fourth-order valence-electron chi connectivity index (χ4n) is 0.960. The maximum absolute atomic E-state index is 12.1. The third-order valence-corrected chi connectivity index (χ3v) is 2.92. The Hall–Kier alpha value is -0.570. The SMILES string of the molecule is Cc1c(I)ncc(C(=O)Cl)c1OC(F)(F)F. The van der Waals surface area contributed by atoms with E-state index < -0.39 is 22.9 Å². The minimum Gasteiger partial charge on any atom is -0.405 e. The molecule has 0 bridgehead atoms. The third kappa shape index (κ3) is 3.21. The van der Waals surface area contributed by atoms with Crippen LogP contribution in [-0.2, 0) is 0 Å². The molecule has 0 amide bonds. The molecule has 0 N–H and O–H groups in total. The molecule has 1 heterocycles. The van der Waals surface area contributed by atoms with Crippen molar-refractivity contribution in [3.8, 4) is 5.75 Å². The summed E-state index contributed by atoms with van der Waals surface area (Å²) in [5, 5.41) is -1.05. The van der Waals surface area contributed by atoms with Crippen LogP contribution in [0.4, 0.5) is 13.2 Å². The topological polar surface area (TPSA) is 39.2 Å². The quantitative estimate of drug-likeness (QED) is 0.459. The van der Waals surface area contributed by atoms with Crippen LogP contribution in [0.3, 0.4) is 0 Å². The number of ether oxygens (including phenoxy) is 1. The lowest BCUT2D eigenvalue weighted by molar-refractivity contribution is -0.275. The van der Waals surface area contributed by atoms with E-state index in [1.165, 1.54) is 6.92 Å². The second-order valence-corrected chi connectivity index (χ2v) is 4.10. The van der Waals surface area contributed by atoms with Crippen molar-refractivity contribution in [1.82, 2.24) is 4.98 Å². The van der Waals surface area contributed by atoms with Gasteiger partial charge in [-0.3, -0.25) is 4.79 Å². The Morgan fingerprint density at radius 3 is 2.56 bits per heavy atom. The van der Waals surface area contributed by atoms with Crippen molar-refractivity contribution in [3.63, 3.8) is 0 Å². The zero-order chi connectivity index (χ0) is 12.5. The van der Waals surface area contributed by atoms with Gasteiger partial charge >= 0.3 is 6.36 Å². The van der Waals surface area contributed by atoms with E-state index in [1.54, 1.807) is 22.6 Å². The van der Waals surface area contributed by atoms with Crippen LogP contribution in [0.5, 0.6) is 5.75 Å². The van der Waals surface area contributed by atoms with Crippen molar-refractivity contribution < 1.29 is 22.7 Å². The van der Waals surface area contributed by atoms with Crippen LogP contribution >= 0.6 is 34.2 Å². The number of hydrogen-bond acceptors (Lipinski definition) is 3. The summed E-state index contributed by atoms with van der Waals surface area (Å²) in [5.41, 5.74) is -0.290. The summed E-state index contributed by atoms with van der Waals surface area (Å²) in [5.74, 6) is -0.605. The number of rotatable bonds is 2. The van der Waals surface area contributed by atoms with Crippen molar-refractivity contribution in [2.45, 2.75) is 13.3 Å². The number of alkyl halides is 3. The molecule has 3 nitrogen and oxygen atoms in total. The molecule has 1 aromatic heterocycles. The number of nitrogens with zero attached hydrogens (tertiary/aromatic N) is 1. The van der Waals surface area contributed by atoms with Crippen molar-refractivity contribution in [2.24, 2.45) is 0 Å². The molecule has 88 valence electrons. The predicted octanol–water partition coefficient (Wildman–Crippen LogP) is 3.27. The molecular formula is C8H4ClF3INO2. The highest BCUT2D eigenvalue weighted by Gasteiger charge is 2.34. The van der Waals surface area contributed by atoms with E-state index in [4.69, 9.17) is 11.6 Å². The van der Waals surface area contributed by atoms with Crippen molar-refractivity contribution in [1.29, 1.82) is 0 Å². The molecule has 0 aliphatic heterocycles. The number of pyridine rings is 1. The van der Waals surface area contributed by atoms with Crippen LogP contribution in [0.2, 0.25) is 0 Å². The first-order valence-corrected chi connectivity index (χ1v) is 5.28. The Balaban J connectivity index is 3.32. The summed E-state index contributed by atoms with van der Waals surface area (Å²) in [6, 6.07) is 0. The van der Waals surface area contributed by atoms with Crippen LogP contribution in [-0.4, -0.2) is 16.6 Å². The van der Waals surface area contributed by atoms with Gasteiger partial charge in [-0.1, -0.05) is 0 Å². The Kier molecular flexibility index (Phi) is 4.00. The molecule has 0 fully saturated rings. The van der Waals surface area contributed by atoms with Crippen LogP contribution in [0.25, 0.3) is 0 Å². The van der Waals surface area contributed by atoms with Crippen molar-refractivity contribution in [3.05, 3.63) is 21.0 Å². The first kappa shape index (κ1) is 13.5. The molecule has 16 heavy (non-hydrogen) atoms. The number of hydrogen-bond donors (Lipinski definition) is 0. The summed E-state index contributed by atoms with van der Waals surface area (Å²) < 4.78 is 40.4. The Morgan fingerprint density at radius 1 is 1.56 bits per heavy atom. The number of carbonyl (C=O) groups is 1. The Bertz CT molecular complexity index is 436. The van der Waals surface area contributed by atoms with Crippen LogP contribution < -0.4 is 4.74 Å². The van der Waals surface area contributed by atoms with Crippen LogP contribution in [0.1, 0.15) is 15.9 Å². The molecule has 0 aromatic carbocycles. The van der Waals surface area contributed by atoms with E-state index in [2.05, 4.69) is 9.72 Å². The van der Waals surface area contributed by atoms with E-state index in [1.807, 2.05) is 0 Å². The van der Waals surface area contributed by atoms with Gasteiger partial charge < -0.3 is 4.74 Å². The molecule has 8 heteroatoms. The second-order valence-electron chi connectivity index (χ2n) is 2.74. The Labute approximate surface area is 107 Å². The molecule has 0 spiro atoms. The summed E-state index contributed by atoms with van der Waals surface area (Å²) in [6.07, 6.45) is -3.93. The minimum absolute atomic E-state index is 0.115. The smallest absolute Gasteiger partial charge is 0.405 e. The van der Waals surface area contributed by atoms with Crippen molar-refractivity contribution in [2.75, 3.05) is 0 Å². The second kappa shape index (κ2) is 4.74. The number of aromatic nitrogens is 1. The highest BCUT2D eigenvalue weighted by atomic mass is 127. The van der Waals surface area contributed by atoms with E-state index in [0.717, 1.165) is 6.20 Å². The van der Waals surface area contributed by atoms with Gasteiger partial charge in [0.1, 0.15) is 9.45 Å². The van der Waals surface area contributed by atoms with Gasteiger partial charge in [0.2, 0.25) is 0 Å². The predicted molar refractivity (Wildman–Crippen MR) is 58.6 cm³/mol. The molecule has 1 rings (SSSR count). The molecule has 0 atom stereocenters. The first-order valence-electron chi connectivity index (χ1n) is 3.83. The maximum atomic E-state index is 12.1. The van der Waals surface area contributed by atoms with Gasteiger partial charge in [0.15, 0.2) is 0 Å². The van der Waals surface area contributed by atoms with Gasteiger partial charge in [0.05, 0.1) is 5.56 Å². The number of carbonyl (C=O) groups excluding carboxylic acids is 1. The van der Waals surface area contributed by atoms with E-state index in [-0.39, 0.29) is 5.56 Å². The standard InChI is InChI=1S/C8H4ClF3INO2/c1-3-5(16-8(10,11)12)4(6(9)15)2-14-7(3)13/h2H,1H3. The first-order chi connectivity index (χ1) is 7.22. The summed E-state index contributed by atoms with van der Waals surface area (Å²) in [6.45, 7) is 1.36. The largest absolute Gasteiger partial charge is 0.573 e. The zero-order valence-electron chi connectivity index (χ0n) is 7.73. The molecule has 0 saturated carbocycles. The average Bonchev–Trinajstić information content (AvgIpc) is 2.10. The van der Waals surface area contributed by atoms with Crippen molar-refractivity contribution >= 4 is 39.4 Å². The third-order valence-electron chi connectivity index (χ3n) is 1.63. The molecule has 0 unspecified atom stereocenters. The number of halogens is 5. The summed E-state index contributed by atoms with van der Waals surface area (Å²) >= 11 is 6.86.